The average molecular weight is 132 g/mol. The van der Waals surface area contributed by atoms with E-state index in [1.54, 1.807) is 6.92 Å². The van der Waals surface area contributed by atoms with Crippen molar-refractivity contribution in [2.24, 2.45) is 0 Å². The number of hydrogen-bond donors (Lipinski definition) is 4. The van der Waals surface area contributed by atoms with E-state index in [0.29, 0.717) is 0 Å². The summed E-state index contributed by atoms with van der Waals surface area (Å²) in [6.45, 7) is 1.93. The molecule has 0 heterocycles. The summed E-state index contributed by atoms with van der Waals surface area (Å²) in [6.07, 6.45) is 0. The van der Waals surface area contributed by atoms with E-state index in [2.05, 4.69) is 0 Å². The van der Waals surface area contributed by atoms with Gasteiger partial charge in [0.05, 0.1) is 0 Å². The van der Waals surface area contributed by atoms with Gasteiger partial charge >= 0.3 is 36.9 Å². The molecule has 0 aliphatic heterocycles. The summed E-state index contributed by atoms with van der Waals surface area (Å²) in [7, 11) is -2.17. The Morgan fingerprint density at radius 1 is 1.25 bits per heavy atom. The average Bonchev–Trinajstić information content (AvgIpc) is 1.33. The van der Waals surface area contributed by atoms with Gasteiger partial charge in [-0.25, -0.2) is 0 Å². The van der Waals surface area contributed by atoms with Gasteiger partial charge in [0, 0.05) is 6.61 Å². The number of hydrogen-bond acceptors (Lipinski definition) is 4. The van der Waals surface area contributed by atoms with Crippen LogP contribution in [0.15, 0.2) is 0 Å². The molecule has 0 rings (SSSR count). The Hall–Kier alpha value is 0.905. The van der Waals surface area contributed by atoms with Gasteiger partial charge in [-0.3, -0.25) is 0 Å². The van der Waals surface area contributed by atoms with Gasteiger partial charge in [-0.1, -0.05) is 0 Å². The van der Waals surface area contributed by atoms with E-state index in [1.807, 2.05) is 0 Å². The Kier molecular flexibility index (Phi) is 31.3. The molecule has 0 bridgehead atoms. The van der Waals surface area contributed by atoms with E-state index < -0.39 is 7.32 Å². The zero-order chi connectivity index (χ0) is 6.28. The second kappa shape index (κ2) is 15.7. The topological polar surface area (TPSA) is 80.9 Å². The molecule has 0 radical (unpaired) electrons. The summed E-state index contributed by atoms with van der Waals surface area (Å²) in [5, 5.41) is 29.1. The van der Waals surface area contributed by atoms with Crippen LogP contribution in [0.25, 0.3) is 0 Å². The Morgan fingerprint density at radius 2 is 1.25 bits per heavy atom. The zero-order valence-corrected chi connectivity index (χ0v) is 4.07. The van der Waals surface area contributed by atoms with E-state index in [0.717, 1.165) is 0 Å². The van der Waals surface area contributed by atoms with Crippen LogP contribution in [-0.2, 0) is 0 Å². The molecule has 0 spiro atoms. The molecule has 6 heteroatoms. The summed E-state index contributed by atoms with van der Waals surface area (Å²) >= 11 is 0. The molecule has 46 valence electrons. The molecule has 0 unspecified atom stereocenters. The standard InChI is InChI=1S/C2H6O.BH3O3.Na.H/c1-2-3;2-1(3)4;;/h3H,2H2,1H3;2-4H;;. The number of aliphatic hydroxyl groups is 1. The molecule has 4 N–H and O–H groups in total. The van der Waals surface area contributed by atoms with E-state index >= 15 is 0 Å². The number of rotatable bonds is 0. The van der Waals surface area contributed by atoms with Crippen LogP contribution >= 0.6 is 0 Å². The van der Waals surface area contributed by atoms with Gasteiger partial charge in [-0.2, -0.15) is 0 Å². The predicted molar refractivity (Wildman–Crippen MR) is 32.3 cm³/mol. The van der Waals surface area contributed by atoms with Crippen LogP contribution in [0.4, 0.5) is 0 Å². The number of aliphatic hydroxyl groups excluding tert-OH is 1. The minimum absolute atomic E-state index is 0. The van der Waals surface area contributed by atoms with E-state index in [1.165, 1.54) is 0 Å². The van der Waals surface area contributed by atoms with Crippen LogP contribution in [0.1, 0.15) is 6.92 Å². The minimum atomic E-state index is -2.17. The van der Waals surface area contributed by atoms with Crippen molar-refractivity contribution in [1.29, 1.82) is 0 Å². The van der Waals surface area contributed by atoms with Crippen molar-refractivity contribution < 1.29 is 20.2 Å². The van der Waals surface area contributed by atoms with Crippen molar-refractivity contribution in [2.45, 2.75) is 6.92 Å². The SMILES string of the molecule is CCO.OB(O)O.[NaH]. The molecule has 8 heavy (non-hydrogen) atoms. The molecule has 0 aliphatic rings. The van der Waals surface area contributed by atoms with Crippen molar-refractivity contribution in [1.82, 2.24) is 0 Å². The molecule has 0 saturated heterocycles. The molecule has 0 saturated carbocycles. The Bertz CT molecular complexity index is 25.2. The quantitative estimate of drug-likeness (QED) is 0.270. The van der Waals surface area contributed by atoms with Gasteiger partial charge in [0.1, 0.15) is 0 Å². The predicted octanol–water partition coefficient (Wildman–Crippen LogP) is -2.70. The molecule has 4 nitrogen and oxygen atoms in total. The molecule has 0 aromatic carbocycles. The third-order valence-corrected chi connectivity index (χ3v) is 0. The first-order chi connectivity index (χ1) is 3.15. The first-order valence-corrected chi connectivity index (χ1v) is 1.80. The molecule has 0 aromatic heterocycles. The van der Waals surface area contributed by atoms with Crippen LogP contribution < -0.4 is 0 Å². The maximum absolute atomic E-state index is 7.57. The molecule has 0 amide bonds. The molecular formula is C2H10BNaO4. The summed E-state index contributed by atoms with van der Waals surface area (Å²) in [5.74, 6) is 0. The van der Waals surface area contributed by atoms with Crippen LogP contribution in [0, 0.1) is 0 Å². The van der Waals surface area contributed by atoms with Crippen LogP contribution in [0.5, 0.6) is 0 Å². The summed E-state index contributed by atoms with van der Waals surface area (Å²) < 4.78 is 0. The first-order valence-electron chi connectivity index (χ1n) is 1.80. The van der Waals surface area contributed by atoms with Crippen LogP contribution in [-0.4, -0.2) is 63.7 Å². The Morgan fingerprint density at radius 3 is 1.25 bits per heavy atom. The summed E-state index contributed by atoms with van der Waals surface area (Å²) in [4.78, 5) is 0. The van der Waals surface area contributed by atoms with E-state index in [4.69, 9.17) is 20.2 Å². The Labute approximate surface area is 70.6 Å². The van der Waals surface area contributed by atoms with Gasteiger partial charge in [0.25, 0.3) is 0 Å². The van der Waals surface area contributed by atoms with Gasteiger partial charge in [0.15, 0.2) is 0 Å². The second-order valence-corrected chi connectivity index (χ2v) is 0.663. The molecular weight excluding hydrogens is 122 g/mol. The maximum atomic E-state index is 7.57. The molecule has 0 aromatic rings. The molecule has 0 atom stereocenters. The van der Waals surface area contributed by atoms with Gasteiger partial charge in [-0.15, -0.1) is 0 Å². The van der Waals surface area contributed by atoms with E-state index in [-0.39, 0.29) is 36.2 Å². The third-order valence-electron chi connectivity index (χ3n) is 0. The monoisotopic (exact) mass is 132 g/mol. The third kappa shape index (κ3) is 294. The second-order valence-electron chi connectivity index (χ2n) is 0.663. The van der Waals surface area contributed by atoms with Crippen LogP contribution in [0.3, 0.4) is 0 Å². The van der Waals surface area contributed by atoms with Crippen molar-refractivity contribution in [3.05, 3.63) is 0 Å². The molecule has 0 aliphatic carbocycles. The summed E-state index contributed by atoms with van der Waals surface area (Å²) in [5.41, 5.74) is 0. The van der Waals surface area contributed by atoms with Gasteiger partial charge in [-0.05, 0) is 6.92 Å². The van der Waals surface area contributed by atoms with Crippen molar-refractivity contribution in [3.8, 4) is 0 Å². The van der Waals surface area contributed by atoms with Crippen LogP contribution in [0.2, 0.25) is 0 Å². The van der Waals surface area contributed by atoms with Crippen molar-refractivity contribution in [2.75, 3.05) is 6.61 Å². The zero-order valence-electron chi connectivity index (χ0n) is 4.07. The Balaban J connectivity index is -0.0000000575. The first kappa shape index (κ1) is 16.0. The van der Waals surface area contributed by atoms with Gasteiger partial charge in [0.2, 0.25) is 0 Å². The normalized spacial score (nSPS) is 5.62. The summed E-state index contributed by atoms with van der Waals surface area (Å²) in [6, 6.07) is 0. The van der Waals surface area contributed by atoms with Gasteiger partial charge < -0.3 is 20.2 Å². The van der Waals surface area contributed by atoms with E-state index in [9.17, 15) is 0 Å². The fraction of sp³-hybridized carbons (Fsp3) is 1.00. The van der Waals surface area contributed by atoms with Crippen molar-refractivity contribution in [3.63, 3.8) is 0 Å². The van der Waals surface area contributed by atoms with Crippen molar-refractivity contribution >= 4 is 36.9 Å². The molecule has 0 fully saturated rings. The fourth-order valence-electron chi connectivity index (χ4n) is 0. The fourth-order valence-corrected chi connectivity index (χ4v) is 0.